The van der Waals surface area contributed by atoms with Crippen LogP contribution in [-0.4, -0.2) is 4.98 Å². The fourth-order valence-corrected chi connectivity index (χ4v) is 0.990. The summed E-state index contributed by atoms with van der Waals surface area (Å²) >= 11 is 0. The van der Waals surface area contributed by atoms with Crippen LogP contribution in [0.25, 0.3) is 0 Å². The van der Waals surface area contributed by atoms with Crippen molar-refractivity contribution in [1.82, 2.24) is 4.98 Å². The predicted molar refractivity (Wildman–Crippen MR) is 54.1 cm³/mol. The molecule has 1 aromatic rings. The molecule has 0 spiro atoms. The predicted octanol–water partition coefficient (Wildman–Crippen LogP) is 3.31. The van der Waals surface area contributed by atoms with E-state index < -0.39 is 0 Å². The van der Waals surface area contributed by atoms with Gasteiger partial charge in [0.25, 0.3) is 0 Å². The molecule has 0 saturated heterocycles. The summed E-state index contributed by atoms with van der Waals surface area (Å²) in [4.78, 5) is 4.04. The fourth-order valence-electron chi connectivity index (χ4n) is 0.990. The Balaban J connectivity index is 0.000000561. The van der Waals surface area contributed by atoms with Crippen LogP contribution in [0.15, 0.2) is 24.5 Å². The summed E-state index contributed by atoms with van der Waals surface area (Å²) in [5.74, 6) is 0.726. The van der Waals surface area contributed by atoms with E-state index in [2.05, 4.69) is 24.9 Å². The van der Waals surface area contributed by atoms with Gasteiger partial charge in [0.15, 0.2) is 0 Å². The minimum Gasteiger partial charge on any atom is -0.264 e. The summed E-state index contributed by atoms with van der Waals surface area (Å²) in [6.45, 7) is 8.43. The van der Waals surface area contributed by atoms with E-state index in [1.54, 1.807) is 0 Å². The topological polar surface area (TPSA) is 12.9 Å². The lowest BCUT2D eigenvalue weighted by molar-refractivity contribution is 0.645. The molecule has 0 aliphatic rings. The maximum Gasteiger partial charge on any atom is 0.0299 e. The van der Waals surface area contributed by atoms with E-state index in [4.69, 9.17) is 0 Å². The van der Waals surface area contributed by atoms with Crippen molar-refractivity contribution in [2.24, 2.45) is 5.92 Å². The largest absolute Gasteiger partial charge is 0.264 e. The molecular weight excluding hydrogens is 146 g/mol. The van der Waals surface area contributed by atoms with Crippen molar-refractivity contribution in [1.29, 1.82) is 0 Å². The lowest BCUT2D eigenvalue weighted by Crippen LogP contribution is -1.93. The Morgan fingerprint density at radius 2 is 2.00 bits per heavy atom. The van der Waals surface area contributed by atoms with Crippen LogP contribution in [0, 0.1) is 5.92 Å². The first-order valence-corrected chi connectivity index (χ1v) is 4.68. The smallest absolute Gasteiger partial charge is 0.0299 e. The van der Waals surface area contributed by atoms with E-state index >= 15 is 0 Å². The summed E-state index contributed by atoms with van der Waals surface area (Å²) in [6.07, 6.45) is 4.87. The zero-order valence-electron chi connectivity index (χ0n) is 8.54. The number of hydrogen-bond donors (Lipinski definition) is 0. The highest BCUT2D eigenvalue weighted by atomic mass is 14.6. The van der Waals surface area contributed by atoms with E-state index in [9.17, 15) is 0 Å². The van der Waals surface area contributed by atoms with E-state index in [1.165, 1.54) is 5.56 Å². The number of nitrogens with zero attached hydrogens (tertiary/aromatic N) is 1. The van der Waals surface area contributed by atoms with Crippen molar-refractivity contribution in [3.05, 3.63) is 30.1 Å². The molecule has 0 aromatic carbocycles. The van der Waals surface area contributed by atoms with Gasteiger partial charge in [0.1, 0.15) is 0 Å². The van der Waals surface area contributed by atoms with Crippen LogP contribution in [0.5, 0.6) is 0 Å². The summed E-state index contributed by atoms with van der Waals surface area (Å²) < 4.78 is 0. The van der Waals surface area contributed by atoms with Gasteiger partial charge in [0, 0.05) is 12.4 Å². The van der Waals surface area contributed by atoms with E-state index in [0.717, 1.165) is 12.3 Å². The third kappa shape index (κ3) is 4.89. The van der Waals surface area contributed by atoms with Crippen molar-refractivity contribution >= 4 is 0 Å². The molecule has 1 aromatic heterocycles. The normalized spacial score (nSPS) is 9.08. The van der Waals surface area contributed by atoms with Crippen molar-refractivity contribution in [3.63, 3.8) is 0 Å². The first-order chi connectivity index (χ1) is 5.79. The van der Waals surface area contributed by atoms with E-state index in [0.29, 0.717) is 0 Å². The van der Waals surface area contributed by atoms with Crippen LogP contribution in [-0.2, 0) is 6.42 Å². The summed E-state index contributed by atoms with van der Waals surface area (Å²) in [7, 11) is 0. The molecule has 0 N–H and O–H groups in total. The molecule has 1 rings (SSSR count). The van der Waals surface area contributed by atoms with Gasteiger partial charge in [-0.2, -0.15) is 0 Å². The van der Waals surface area contributed by atoms with Gasteiger partial charge in [-0.05, 0) is 24.0 Å². The molecule has 1 heteroatoms. The third-order valence-corrected chi connectivity index (χ3v) is 1.37. The first-order valence-electron chi connectivity index (χ1n) is 4.68. The number of aromatic nitrogens is 1. The second-order valence-electron chi connectivity index (χ2n) is 2.96. The quantitative estimate of drug-likeness (QED) is 0.655. The number of hydrogen-bond acceptors (Lipinski definition) is 1. The maximum absolute atomic E-state index is 4.04. The molecule has 0 unspecified atom stereocenters. The van der Waals surface area contributed by atoms with Gasteiger partial charge in [0.05, 0.1) is 0 Å². The van der Waals surface area contributed by atoms with E-state index in [-0.39, 0.29) is 0 Å². The summed E-state index contributed by atoms with van der Waals surface area (Å²) in [5, 5.41) is 0. The molecule has 1 nitrogen and oxygen atoms in total. The van der Waals surface area contributed by atoms with Gasteiger partial charge in [0.2, 0.25) is 0 Å². The summed E-state index contributed by atoms with van der Waals surface area (Å²) in [5.41, 5.74) is 1.33. The molecular formula is C11H19N. The Hall–Kier alpha value is -0.850. The fraction of sp³-hybridized carbons (Fsp3) is 0.545. The zero-order valence-corrected chi connectivity index (χ0v) is 8.54. The van der Waals surface area contributed by atoms with Crippen molar-refractivity contribution in [3.8, 4) is 0 Å². The Kier molecular flexibility index (Phi) is 6.35. The minimum absolute atomic E-state index is 0.726. The van der Waals surface area contributed by atoms with Crippen LogP contribution in [0.2, 0.25) is 0 Å². The van der Waals surface area contributed by atoms with Gasteiger partial charge >= 0.3 is 0 Å². The molecule has 12 heavy (non-hydrogen) atoms. The van der Waals surface area contributed by atoms with Crippen molar-refractivity contribution < 1.29 is 0 Å². The number of pyridine rings is 1. The first kappa shape index (κ1) is 11.2. The van der Waals surface area contributed by atoms with Crippen LogP contribution in [0.4, 0.5) is 0 Å². The highest BCUT2D eigenvalue weighted by Gasteiger charge is 1.94. The van der Waals surface area contributed by atoms with Gasteiger partial charge in [-0.25, -0.2) is 0 Å². The van der Waals surface area contributed by atoms with Crippen LogP contribution in [0.1, 0.15) is 33.3 Å². The molecule has 0 radical (unpaired) electrons. The van der Waals surface area contributed by atoms with Gasteiger partial charge in [-0.1, -0.05) is 33.8 Å². The second kappa shape index (κ2) is 6.84. The molecule has 0 bridgehead atoms. The molecule has 0 aliphatic heterocycles. The van der Waals surface area contributed by atoms with Gasteiger partial charge in [-0.15, -0.1) is 0 Å². The second-order valence-corrected chi connectivity index (χ2v) is 2.96. The van der Waals surface area contributed by atoms with Crippen LogP contribution < -0.4 is 0 Å². The number of rotatable bonds is 2. The third-order valence-electron chi connectivity index (χ3n) is 1.37. The molecule has 1 heterocycles. The van der Waals surface area contributed by atoms with Crippen molar-refractivity contribution in [2.45, 2.75) is 34.1 Å². The maximum atomic E-state index is 4.04. The molecule has 68 valence electrons. The lowest BCUT2D eigenvalue weighted by Gasteiger charge is -2.01. The zero-order chi connectivity index (χ0) is 9.40. The molecule has 0 saturated carbocycles. The molecule has 0 fully saturated rings. The Labute approximate surface area is 75.8 Å². The average molecular weight is 165 g/mol. The standard InChI is InChI=1S/C9H13N.C2H6/c1-8(2)6-9-4-3-5-10-7-9;1-2/h3-5,7-8H,6H2,1-2H3;1-2H3. The monoisotopic (exact) mass is 165 g/mol. The highest BCUT2D eigenvalue weighted by molar-refractivity contribution is 5.08. The Bertz CT molecular complexity index is 179. The molecule has 0 atom stereocenters. The Morgan fingerprint density at radius 3 is 2.42 bits per heavy atom. The molecule has 0 aliphatic carbocycles. The van der Waals surface area contributed by atoms with Crippen LogP contribution >= 0.6 is 0 Å². The summed E-state index contributed by atoms with van der Waals surface area (Å²) in [6, 6.07) is 4.10. The van der Waals surface area contributed by atoms with Crippen molar-refractivity contribution in [2.75, 3.05) is 0 Å². The van der Waals surface area contributed by atoms with Crippen LogP contribution in [0.3, 0.4) is 0 Å². The van der Waals surface area contributed by atoms with E-state index in [1.807, 2.05) is 32.3 Å². The SMILES string of the molecule is CC.CC(C)Cc1cccnc1. The highest BCUT2D eigenvalue weighted by Crippen LogP contribution is 2.04. The lowest BCUT2D eigenvalue weighted by atomic mass is 10.1. The average Bonchev–Trinajstić information content (AvgIpc) is 2.08. The van der Waals surface area contributed by atoms with Gasteiger partial charge in [-0.3, -0.25) is 4.98 Å². The molecule has 0 amide bonds. The minimum atomic E-state index is 0.726. The Morgan fingerprint density at radius 1 is 1.33 bits per heavy atom. The van der Waals surface area contributed by atoms with Gasteiger partial charge < -0.3 is 0 Å².